The van der Waals surface area contributed by atoms with Gasteiger partial charge in [-0.15, -0.1) is 0 Å². The number of aromatic nitrogens is 2. The lowest BCUT2D eigenvalue weighted by atomic mass is 10.1. The van der Waals surface area contributed by atoms with Gasteiger partial charge in [-0.2, -0.15) is 5.10 Å². The van der Waals surface area contributed by atoms with Crippen molar-refractivity contribution in [2.24, 2.45) is 0 Å². The lowest BCUT2D eigenvalue weighted by Gasteiger charge is -2.18. The van der Waals surface area contributed by atoms with Gasteiger partial charge in [-0.1, -0.05) is 0 Å². The summed E-state index contributed by atoms with van der Waals surface area (Å²) >= 11 is 0. The molecule has 0 aliphatic carbocycles. The van der Waals surface area contributed by atoms with Crippen LogP contribution in [-0.4, -0.2) is 20.9 Å². The summed E-state index contributed by atoms with van der Waals surface area (Å²) in [6.45, 7) is 6.64. The van der Waals surface area contributed by atoms with E-state index in [0.29, 0.717) is 12.2 Å². The Balaban J connectivity index is 2.08. The number of carboxylic acid groups (broad SMARTS) is 1. The van der Waals surface area contributed by atoms with Crippen LogP contribution in [0.5, 0.6) is 0 Å². The molecule has 2 N–H and O–H groups in total. The molecule has 0 spiro atoms. The van der Waals surface area contributed by atoms with Crippen molar-refractivity contribution in [1.29, 1.82) is 0 Å². The van der Waals surface area contributed by atoms with Gasteiger partial charge in [-0.25, -0.2) is 9.18 Å². The van der Waals surface area contributed by atoms with Crippen LogP contribution in [0.15, 0.2) is 30.6 Å². The Morgan fingerprint density at radius 3 is 2.71 bits per heavy atom. The van der Waals surface area contributed by atoms with Crippen molar-refractivity contribution in [2.45, 2.75) is 32.9 Å². The predicted molar refractivity (Wildman–Crippen MR) is 77.9 cm³/mol. The van der Waals surface area contributed by atoms with Crippen molar-refractivity contribution >= 4 is 11.7 Å². The lowest BCUT2D eigenvalue weighted by Crippen LogP contribution is -2.21. The van der Waals surface area contributed by atoms with E-state index in [1.165, 1.54) is 12.1 Å². The fraction of sp³-hybridized carbons (Fsp3) is 0.333. The summed E-state index contributed by atoms with van der Waals surface area (Å²) in [7, 11) is 0. The maximum Gasteiger partial charge on any atom is 0.338 e. The maximum absolute atomic E-state index is 13.3. The molecule has 0 saturated carbocycles. The standard InChI is InChI=1S/C15H18FN3O2/c1-15(2,3)19-9-10(8-18-19)7-17-11-4-5-13(16)12(6-11)14(20)21/h4-6,8-9,17H,7H2,1-3H3,(H,20,21). The minimum absolute atomic E-state index is 0.0927. The summed E-state index contributed by atoms with van der Waals surface area (Å²) < 4.78 is 15.2. The van der Waals surface area contributed by atoms with E-state index < -0.39 is 11.8 Å². The third kappa shape index (κ3) is 3.59. The molecule has 5 nitrogen and oxygen atoms in total. The summed E-state index contributed by atoms with van der Waals surface area (Å²) in [6, 6.07) is 3.94. The van der Waals surface area contributed by atoms with Crippen LogP contribution in [-0.2, 0) is 12.1 Å². The zero-order valence-corrected chi connectivity index (χ0v) is 12.2. The van der Waals surface area contributed by atoms with Gasteiger partial charge < -0.3 is 10.4 Å². The second-order valence-corrected chi connectivity index (χ2v) is 5.82. The molecule has 112 valence electrons. The molecule has 0 atom stereocenters. The number of carboxylic acids is 1. The first kappa shape index (κ1) is 15.0. The topological polar surface area (TPSA) is 67.2 Å². The van der Waals surface area contributed by atoms with Crippen LogP contribution in [0.2, 0.25) is 0 Å². The Hall–Kier alpha value is -2.37. The molecule has 0 bridgehead atoms. The van der Waals surface area contributed by atoms with Crippen LogP contribution in [0.1, 0.15) is 36.7 Å². The van der Waals surface area contributed by atoms with Gasteiger partial charge in [0.05, 0.1) is 17.3 Å². The number of carbonyl (C=O) groups is 1. The quantitative estimate of drug-likeness (QED) is 0.908. The summed E-state index contributed by atoms with van der Waals surface area (Å²) in [4.78, 5) is 10.9. The number of nitrogens with one attached hydrogen (secondary N) is 1. The van der Waals surface area contributed by atoms with Gasteiger partial charge >= 0.3 is 5.97 Å². The number of rotatable bonds is 4. The minimum Gasteiger partial charge on any atom is -0.478 e. The molecule has 2 rings (SSSR count). The van der Waals surface area contributed by atoms with E-state index in [1.54, 1.807) is 6.20 Å². The number of aromatic carboxylic acids is 1. The highest BCUT2D eigenvalue weighted by molar-refractivity contribution is 5.89. The van der Waals surface area contributed by atoms with Gasteiger partial charge in [0.1, 0.15) is 5.82 Å². The van der Waals surface area contributed by atoms with Crippen LogP contribution in [0.3, 0.4) is 0 Å². The summed E-state index contributed by atoms with van der Waals surface area (Å²) in [5.41, 5.74) is 1.08. The van der Waals surface area contributed by atoms with Gasteiger partial charge in [0, 0.05) is 24.0 Å². The average Bonchev–Trinajstić information content (AvgIpc) is 2.86. The smallest absolute Gasteiger partial charge is 0.338 e. The Kier molecular flexibility index (Phi) is 3.97. The van der Waals surface area contributed by atoms with Crippen LogP contribution < -0.4 is 5.32 Å². The summed E-state index contributed by atoms with van der Waals surface area (Å²) in [5, 5.41) is 16.2. The average molecular weight is 291 g/mol. The van der Waals surface area contributed by atoms with Gasteiger partial charge in [-0.3, -0.25) is 4.68 Å². The zero-order valence-electron chi connectivity index (χ0n) is 12.2. The van der Waals surface area contributed by atoms with Crippen molar-refractivity contribution in [2.75, 3.05) is 5.32 Å². The van der Waals surface area contributed by atoms with Gasteiger partial charge in [0.2, 0.25) is 0 Å². The van der Waals surface area contributed by atoms with Crippen molar-refractivity contribution in [1.82, 2.24) is 9.78 Å². The number of halogens is 1. The molecule has 1 aromatic heterocycles. The molecule has 1 heterocycles. The molecule has 0 amide bonds. The highest BCUT2D eigenvalue weighted by Crippen LogP contribution is 2.17. The van der Waals surface area contributed by atoms with Crippen LogP contribution in [0.25, 0.3) is 0 Å². The van der Waals surface area contributed by atoms with E-state index in [9.17, 15) is 9.18 Å². The first-order chi connectivity index (χ1) is 9.77. The molecule has 0 radical (unpaired) electrons. The van der Waals surface area contributed by atoms with Crippen LogP contribution >= 0.6 is 0 Å². The minimum atomic E-state index is -1.28. The third-order valence-electron chi connectivity index (χ3n) is 3.02. The molecule has 6 heteroatoms. The molecule has 0 aliphatic heterocycles. The molecular weight excluding hydrogens is 273 g/mol. The Bertz CT molecular complexity index is 659. The summed E-state index contributed by atoms with van der Waals surface area (Å²) in [5.74, 6) is -2.02. The van der Waals surface area contributed by atoms with E-state index in [2.05, 4.69) is 31.2 Å². The first-order valence-corrected chi connectivity index (χ1v) is 6.58. The molecular formula is C15H18FN3O2. The van der Waals surface area contributed by atoms with Gasteiger partial charge in [0.25, 0.3) is 0 Å². The van der Waals surface area contributed by atoms with Crippen molar-refractivity contribution in [3.63, 3.8) is 0 Å². The Labute approximate surface area is 122 Å². The number of anilines is 1. The second-order valence-electron chi connectivity index (χ2n) is 5.82. The molecule has 0 aliphatic rings. The number of hydrogen-bond donors (Lipinski definition) is 2. The zero-order chi connectivity index (χ0) is 15.6. The summed E-state index contributed by atoms with van der Waals surface area (Å²) in [6.07, 6.45) is 3.68. The van der Waals surface area contributed by atoms with Gasteiger partial charge in [0.15, 0.2) is 0 Å². The number of hydrogen-bond acceptors (Lipinski definition) is 3. The number of nitrogens with zero attached hydrogens (tertiary/aromatic N) is 2. The molecule has 0 unspecified atom stereocenters. The van der Waals surface area contributed by atoms with E-state index in [1.807, 2.05) is 10.9 Å². The van der Waals surface area contributed by atoms with Crippen molar-refractivity contribution in [3.8, 4) is 0 Å². The van der Waals surface area contributed by atoms with Crippen LogP contribution in [0, 0.1) is 5.82 Å². The molecule has 0 saturated heterocycles. The van der Waals surface area contributed by atoms with E-state index in [-0.39, 0.29) is 11.1 Å². The maximum atomic E-state index is 13.3. The second kappa shape index (κ2) is 5.55. The fourth-order valence-electron chi connectivity index (χ4n) is 1.82. The lowest BCUT2D eigenvalue weighted by molar-refractivity contribution is 0.0692. The molecule has 1 aromatic carbocycles. The molecule has 2 aromatic rings. The van der Waals surface area contributed by atoms with E-state index in [4.69, 9.17) is 5.11 Å². The van der Waals surface area contributed by atoms with Crippen molar-refractivity contribution < 1.29 is 14.3 Å². The fourth-order valence-corrected chi connectivity index (χ4v) is 1.82. The predicted octanol–water partition coefficient (Wildman–Crippen LogP) is 3.09. The normalized spacial score (nSPS) is 11.4. The largest absolute Gasteiger partial charge is 0.478 e. The first-order valence-electron chi connectivity index (χ1n) is 6.58. The number of benzene rings is 1. The highest BCUT2D eigenvalue weighted by atomic mass is 19.1. The third-order valence-corrected chi connectivity index (χ3v) is 3.02. The van der Waals surface area contributed by atoms with Crippen molar-refractivity contribution in [3.05, 3.63) is 47.5 Å². The van der Waals surface area contributed by atoms with E-state index >= 15 is 0 Å². The Morgan fingerprint density at radius 2 is 2.14 bits per heavy atom. The van der Waals surface area contributed by atoms with Gasteiger partial charge in [-0.05, 0) is 39.0 Å². The van der Waals surface area contributed by atoms with E-state index in [0.717, 1.165) is 11.6 Å². The molecule has 21 heavy (non-hydrogen) atoms. The SMILES string of the molecule is CC(C)(C)n1cc(CNc2ccc(F)c(C(=O)O)c2)cn1. The highest BCUT2D eigenvalue weighted by Gasteiger charge is 2.14. The van der Waals surface area contributed by atoms with Crippen LogP contribution in [0.4, 0.5) is 10.1 Å². The molecule has 0 fully saturated rings. The monoisotopic (exact) mass is 291 g/mol. The Morgan fingerprint density at radius 1 is 1.43 bits per heavy atom.